The van der Waals surface area contributed by atoms with Gasteiger partial charge in [0, 0.05) is 4.70 Å². The van der Waals surface area contributed by atoms with Crippen molar-refractivity contribution in [2.24, 2.45) is 5.84 Å². The summed E-state index contributed by atoms with van der Waals surface area (Å²) in [7, 11) is 0. The molecule has 20 heavy (non-hydrogen) atoms. The van der Waals surface area contributed by atoms with Gasteiger partial charge in [-0.3, -0.25) is 5.84 Å². The molecule has 102 valence electrons. The summed E-state index contributed by atoms with van der Waals surface area (Å²) in [6, 6.07) is 13.2. The second-order valence-corrected chi connectivity index (χ2v) is 5.71. The van der Waals surface area contributed by atoms with Crippen molar-refractivity contribution in [2.75, 3.05) is 0 Å². The number of nitrogens with two attached hydrogens (primary N) is 1. The fourth-order valence-corrected chi connectivity index (χ4v) is 3.36. The van der Waals surface area contributed by atoms with Crippen LogP contribution in [0.5, 0.6) is 0 Å². The third kappa shape index (κ3) is 2.22. The third-order valence-electron chi connectivity index (χ3n) is 3.52. The highest BCUT2D eigenvalue weighted by Crippen LogP contribution is 2.33. The monoisotopic (exact) mass is 286 g/mol. The first kappa shape index (κ1) is 13.2. The normalized spacial score (nSPS) is 12.8. The molecule has 1 atom stereocenters. The fourth-order valence-electron chi connectivity index (χ4n) is 2.38. The van der Waals surface area contributed by atoms with Crippen LogP contribution in [0.2, 0.25) is 0 Å². The summed E-state index contributed by atoms with van der Waals surface area (Å²) in [6.07, 6.45) is 0. The lowest BCUT2D eigenvalue weighted by molar-refractivity contribution is 0.600. The molecule has 0 aliphatic carbocycles. The van der Waals surface area contributed by atoms with Gasteiger partial charge in [0.25, 0.3) is 0 Å². The Morgan fingerprint density at radius 3 is 2.75 bits per heavy atom. The van der Waals surface area contributed by atoms with Gasteiger partial charge in [0.05, 0.1) is 6.04 Å². The minimum atomic E-state index is -0.207. The van der Waals surface area contributed by atoms with Gasteiger partial charge in [0.1, 0.15) is 5.82 Å². The Labute approximate surface area is 121 Å². The molecule has 0 saturated heterocycles. The number of aryl methyl sites for hydroxylation is 1. The Balaban J connectivity index is 2.11. The molecule has 0 saturated carbocycles. The zero-order valence-corrected chi connectivity index (χ0v) is 11.9. The van der Waals surface area contributed by atoms with Gasteiger partial charge in [0.15, 0.2) is 0 Å². The van der Waals surface area contributed by atoms with Crippen molar-refractivity contribution in [1.82, 2.24) is 5.43 Å². The third-order valence-corrected chi connectivity index (χ3v) is 4.50. The Kier molecular flexibility index (Phi) is 3.53. The van der Waals surface area contributed by atoms with Crippen molar-refractivity contribution in [3.05, 3.63) is 70.4 Å². The maximum absolute atomic E-state index is 13.8. The average Bonchev–Trinajstić information content (AvgIpc) is 2.88. The number of nitrogens with one attached hydrogen (secondary N) is 1. The van der Waals surface area contributed by atoms with E-state index in [1.165, 1.54) is 4.70 Å². The van der Waals surface area contributed by atoms with E-state index < -0.39 is 0 Å². The van der Waals surface area contributed by atoms with E-state index in [9.17, 15) is 4.39 Å². The summed E-state index contributed by atoms with van der Waals surface area (Å²) in [4.78, 5) is 0. The first-order valence-corrected chi connectivity index (χ1v) is 7.27. The van der Waals surface area contributed by atoms with Gasteiger partial charge in [-0.05, 0) is 46.5 Å². The standard InChI is InChI=1S/C16H15FN2S/c1-10-6-7-11(8-14(10)17)16(19-18)13-9-20-15-5-3-2-4-12(13)15/h2-9,16,19H,18H2,1H3. The molecular formula is C16H15FN2S. The molecule has 0 aliphatic heterocycles. The number of fused-ring (bicyclic) bond motifs is 1. The summed E-state index contributed by atoms with van der Waals surface area (Å²) in [5.41, 5.74) is 5.35. The van der Waals surface area contributed by atoms with E-state index in [1.54, 1.807) is 30.4 Å². The zero-order valence-electron chi connectivity index (χ0n) is 11.1. The largest absolute Gasteiger partial charge is 0.271 e. The highest BCUT2D eigenvalue weighted by Gasteiger charge is 2.17. The van der Waals surface area contributed by atoms with E-state index in [1.807, 2.05) is 18.2 Å². The lowest BCUT2D eigenvalue weighted by Crippen LogP contribution is -2.28. The van der Waals surface area contributed by atoms with Crippen LogP contribution in [0.4, 0.5) is 4.39 Å². The molecule has 0 amide bonds. The molecule has 2 aromatic carbocycles. The van der Waals surface area contributed by atoms with E-state index in [2.05, 4.69) is 22.9 Å². The lowest BCUT2D eigenvalue weighted by atomic mass is 9.98. The number of benzene rings is 2. The van der Waals surface area contributed by atoms with Crippen LogP contribution in [0.1, 0.15) is 22.7 Å². The second-order valence-electron chi connectivity index (χ2n) is 4.80. The van der Waals surface area contributed by atoms with Crippen LogP contribution < -0.4 is 11.3 Å². The molecule has 0 fully saturated rings. The summed E-state index contributed by atoms with van der Waals surface area (Å²) >= 11 is 1.67. The maximum atomic E-state index is 13.8. The SMILES string of the molecule is Cc1ccc(C(NN)c2csc3ccccc23)cc1F. The van der Waals surface area contributed by atoms with Gasteiger partial charge in [-0.25, -0.2) is 9.82 Å². The van der Waals surface area contributed by atoms with Crippen molar-refractivity contribution < 1.29 is 4.39 Å². The summed E-state index contributed by atoms with van der Waals surface area (Å²) < 4.78 is 15.0. The van der Waals surface area contributed by atoms with E-state index in [4.69, 9.17) is 5.84 Å². The van der Waals surface area contributed by atoms with Crippen LogP contribution in [0, 0.1) is 12.7 Å². The number of halogens is 1. The first-order valence-electron chi connectivity index (χ1n) is 6.39. The van der Waals surface area contributed by atoms with Crippen LogP contribution in [0.3, 0.4) is 0 Å². The number of hydrazine groups is 1. The highest BCUT2D eigenvalue weighted by atomic mass is 32.1. The minimum absolute atomic E-state index is 0.206. The zero-order chi connectivity index (χ0) is 14.1. The molecule has 4 heteroatoms. The first-order chi connectivity index (χ1) is 9.70. The van der Waals surface area contributed by atoms with Gasteiger partial charge in [-0.2, -0.15) is 0 Å². The van der Waals surface area contributed by atoms with Crippen molar-refractivity contribution in [3.63, 3.8) is 0 Å². The predicted octanol–water partition coefficient (Wildman–Crippen LogP) is 3.90. The highest BCUT2D eigenvalue weighted by molar-refractivity contribution is 7.17. The van der Waals surface area contributed by atoms with Gasteiger partial charge in [0.2, 0.25) is 0 Å². The topological polar surface area (TPSA) is 38.0 Å². The molecule has 2 nitrogen and oxygen atoms in total. The Bertz CT molecular complexity index is 751. The summed E-state index contributed by atoms with van der Waals surface area (Å²) in [5.74, 6) is 5.50. The van der Waals surface area contributed by atoms with Crippen molar-refractivity contribution in [1.29, 1.82) is 0 Å². The van der Waals surface area contributed by atoms with Crippen LogP contribution in [-0.4, -0.2) is 0 Å². The predicted molar refractivity (Wildman–Crippen MR) is 82.1 cm³/mol. The van der Waals surface area contributed by atoms with Crippen molar-refractivity contribution in [2.45, 2.75) is 13.0 Å². The average molecular weight is 286 g/mol. The molecular weight excluding hydrogens is 271 g/mol. The van der Waals surface area contributed by atoms with Crippen LogP contribution in [0.15, 0.2) is 47.8 Å². The van der Waals surface area contributed by atoms with Crippen LogP contribution in [-0.2, 0) is 0 Å². The molecule has 1 unspecified atom stereocenters. The van der Waals surface area contributed by atoms with Gasteiger partial charge < -0.3 is 0 Å². The van der Waals surface area contributed by atoms with Crippen LogP contribution >= 0.6 is 11.3 Å². The molecule has 1 heterocycles. The molecule has 0 radical (unpaired) electrons. The van der Waals surface area contributed by atoms with Crippen molar-refractivity contribution in [3.8, 4) is 0 Å². The second kappa shape index (κ2) is 5.32. The summed E-state index contributed by atoms with van der Waals surface area (Å²) in [6.45, 7) is 1.75. The molecule has 3 aromatic rings. The van der Waals surface area contributed by atoms with E-state index >= 15 is 0 Å². The molecule has 0 spiro atoms. The maximum Gasteiger partial charge on any atom is 0.126 e. The Morgan fingerprint density at radius 2 is 2.00 bits per heavy atom. The van der Waals surface area contributed by atoms with Gasteiger partial charge in [-0.1, -0.05) is 30.3 Å². The van der Waals surface area contributed by atoms with Crippen LogP contribution in [0.25, 0.3) is 10.1 Å². The number of thiophene rings is 1. The Hall–Kier alpha value is -1.75. The molecule has 1 aromatic heterocycles. The van der Waals surface area contributed by atoms with E-state index in [-0.39, 0.29) is 11.9 Å². The van der Waals surface area contributed by atoms with E-state index in [0.717, 1.165) is 16.5 Å². The quantitative estimate of drug-likeness (QED) is 0.566. The van der Waals surface area contributed by atoms with Gasteiger partial charge >= 0.3 is 0 Å². The number of hydrogen-bond donors (Lipinski definition) is 2. The molecule has 0 aliphatic rings. The Morgan fingerprint density at radius 1 is 1.20 bits per heavy atom. The van der Waals surface area contributed by atoms with E-state index in [0.29, 0.717) is 5.56 Å². The molecule has 0 bridgehead atoms. The molecule has 3 rings (SSSR count). The number of rotatable bonds is 3. The number of hydrogen-bond acceptors (Lipinski definition) is 3. The molecule has 3 N–H and O–H groups in total. The summed E-state index contributed by atoms with van der Waals surface area (Å²) in [5, 5.41) is 3.23. The fraction of sp³-hybridized carbons (Fsp3) is 0.125. The minimum Gasteiger partial charge on any atom is -0.271 e. The lowest BCUT2D eigenvalue weighted by Gasteiger charge is -2.16. The smallest absolute Gasteiger partial charge is 0.126 e. The van der Waals surface area contributed by atoms with Gasteiger partial charge in [-0.15, -0.1) is 11.3 Å². The van der Waals surface area contributed by atoms with Crippen molar-refractivity contribution >= 4 is 21.4 Å².